The zero-order valence-corrected chi connectivity index (χ0v) is 9.77. The Balaban J connectivity index is 2.04. The van der Waals surface area contributed by atoms with Crippen molar-refractivity contribution >= 4 is 5.97 Å². The molecule has 0 aliphatic rings. The molecule has 0 bridgehead atoms. The predicted octanol–water partition coefficient (Wildman–Crippen LogP) is 3.24. The zero-order chi connectivity index (χ0) is 13.8. The minimum atomic E-state index is -1.02. The summed E-state index contributed by atoms with van der Waals surface area (Å²) in [4.78, 5) is 10.7. The molecule has 0 radical (unpaired) electrons. The summed E-state index contributed by atoms with van der Waals surface area (Å²) in [5.74, 6) is -2.52. The van der Waals surface area contributed by atoms with Crippen LogP contribution in [0.15, 0.2) is 42.5 Å². The summed E-state index contributed by atoms with van der Waals surface area (Å²) in [7, 11) is 0. The number of halogens is 2. The summed E-state index contributed by atoms with van der Waals surface area (Å²) in [5.41, 5.74) is 0.852. The van der Waals surface area contributed by atoms with E-state index in [4.69, 9.17) is 9.84 Å². The Kier molecular flexibility index (Phi) is 3.75. The molecule has 0 amide bonds. The van der Waals surface area contributed by atoms with Crippen molar-refractivity contribution < 1.29 is 23.4 Å². The lowest BCUT2D eigenvalue weighted by Gasteiger charge is -2.07. The molecule has 2 rings (SSSR count). The number of hydrogen-bond acceptors (Lipinski definition) is 2. The normalized spacial score (nSPS) is 10.2. The first kappa shape index (κ1) is 13.0. The third-order valence-corrected chi connectivity index (χ3v) is 2.49. The molecule has 0 atom stereocenters. The van der Waals surface area contributed by atoms with Crippen molar-refractivity contribution in [2.45, 2.75) is 6.61 Å². The topological polar surface area (TPSA) is 46.5 Å². The molecule has 1 N–H and O–H groups in total. The molecule has 0 aliphatic heterocycles. The standard InChI is InChI=1S/C14H10F2O3/c15-11-5-6-13(12(16)7-11)19-8-9-1-3-10(4-2-9)14(17)18/h1-7H,8H2,(H,17,18). The molecule has 0 aliphatic carbocycles. The largest absolute Gasteiger partial charge is 0.486 e. The van der Waals surface area contributed by atoms with E-state index in [9.17, 15) is 13.6 Å². The molecule has 2 aromatic rings. The van der Waals surface area contributed by atoms with Crippen LogP contribution in [0, 0.1) is 11.6 Å². The maximum atomic E-state index is 13.3. The number of carboxylic acid groups (broad SMARTS) is 1. The monoisotopic (exact) mass is 264 g/mol. The fraction of sp³-hybridized carbons (Fsp3) is 0.0714. The maximum Gasteiger partial charge on any atom is 0.335 e. The molecular weight excluding hydrogens is 254 g/mol. The van der Waals surface area contributed by atoms with Crippen LogP contribution in [-0.4, -0.2) is 11.1 Å². The number of hydrogen-bond donors (Lipinski definition) is 1. The van der Waals surface area contributed by atoms with Crippen LogP contribution in [0.1, 0.15) is 15.9 Å². The van der Waals surface area contributed by atoms with E-state index in [2.05, 4.69) is 0 Å². The molecule has 2 aromatic carbocycles. The van der Waals surface area contributed by atoms with Gasteiger partial charge in [0.15, 0.2) is 11.6 Å². The van der Waals surface area contributed by atoms with Gasteiger partial charge in [0.05, 0.1) is 5.56 Å². The Hall–Kier alpha value is -2.43. The van der Waals surface area contributed by atoms with Gasteiger partial charge in [-0.05, 0) is 29.8 Å². The molecule has 0 saturated carbocycles. The second-order valence-corrected chi connectivity index (χ2v) is 3.87. The molecule has 0 saturated heterocycles. The lowest BCUT2D eigenvalue weighted by molar-refractivity contribution is 0.0697. The number of carbonyl (C=O) groups is 1. The van der Waals surface area contributed by atoms with Crippen LogP contribution in [0.3, 0.4) is 0 Å². The highest BCUT2D eigenvalue weighted by atomic mass is 19.1. The van der Waals surface area contributed by atoms with Crippen molar-refractivity contribution in [1.82, 2.24) is 0 Å². The molecule has 5 heteroatoms. The predicted molar refractivity (Wildman–Crippen MR) is 64.1 cm³/mol. The van der Waals surface area contributed by atoms with Crippen molar-refractivity contribution in [1.29, 1.82) is 0 Å². The molecule has 0 aromatic heterocycles. The number of benzene rings is 2. The fourth-order valence-corrected chi connectivity index (χ4v) is 1.50. The summed E-state index contributed by atoms with van der Waals surface area (Å²) in [6.45, 7) is 0.0719. The van der Waals surface area contributed by atoms with Crippen molar-refractivity contribution in [2.24, 2.45) is 0 Å². The van der Waals surface area contributed by atoms with E-state index in [1.54, 1.807) is 12.1 Å². The van der Waals surface area contributed by atoms with Gasteiger partial charge in [-0.25, -0.2) is 13.6 Å². The molecule has 3 nitrogen and oxygen atoms in total. The molecule has 19 heavy (non-hydrogen) atoms. The first-order valence-electron chi connectivity index (χ1n) is 5.46. The minimum Gasteiger partial charge on any atom is -0.486 e. The highest BCUT2D eigenvalue weighted by Crippen LogP contribution is 2.19. The van der Waals surface area contributed by atoms with E-state index < -0.39 is 17.6 Å². The van der Waals surface area contributed by atoms with Gasteiger partial charge in [0.2, 0.25) is 0 Å². The van der Waals surface area contributed by atoms with Crippen LogP contribution in [-0.2, 0) is 6.61 Å². The summed E-state index contributed by atoms with van der Waals surface area (Å²) < 4.78 is 31.1. The van der Waals surface area contributed by atoms with Gasteiger partial charge in [0.1, 0.15) is 12.4 Å². The lowest BCUT2D eigenvalue weighted by Crippen LogP contribution is -2.00. The van der Waals surface area contributed by atoms with E-state index in [1.165, 1.54) is 18.2 Å². The lowest BCUT2D eigenvalue weighted by atomic mass is 10.1. The Morgan fingerprint density at radius 1 is 1.11 bits per heavy atom. The van der Waals surface area contributed by atoms with Crippen LogP contribution >= 0.6 is 0 Å². The minimum absolute atomic E-state index is 0.0521. The van der Waals surface area contributed by atoms with Crippen LogP contribution in [0.25, 0.3) is 0 Å². The molecule has 0 unspecified atom stereocenters. The Labute approximate surface area is 108 Å². The van der Waals surface area contributed by atoms with E-state index in [-0.39, 0.29) is 17.9 Å². The summed E-state index contributed by atoms with van der Waals surface area (Å²) in [6.07, 6.45) is 0. The Morgan fingerprint density at radius 3 is 2.37 bits per heavy atom. The third-order valence-electron chi connectivity index (χ3n) is 2.49. The maximum absolute atomic E-state index is 13.3. The highest BCUT2D eigenvalue weighted by Gasteiger charge is 2.06. The molecule has 0 heterocycles. The third kappa shape index (κ3) is 3.28. The van der Waals surface area contributed by atoms with Crippen molar-refractivity contribution in [3.05, 3.63) is 65.2 Å². The van der Waals surface area contributed by atoms with Crippen molar-refractivity contribution in [3.63, 3.8) is 0 Å². The van der Waals surface area contributed by atoms with Gasteiger partial charge in [0, 0.05) is 6.07 Å². The van der Waals surface area contributed by atoms with Gasteiger partial charge >= 0.3 is 5.97 Å². The number of aromatic carboxylic acids is 1. The quantitative estimate of drug-likeness (QED) is 0.922. The van der Waals surface area contributed by atoms with Gasteiger partial charge in [-0.3, -0.25) is 0 Å². The van der Waals surface area contributed by atoms with Gasteiger partial charge in [0.25, 0.3) is 0 Å². The SMILES string of the molecule is O=C(O)c1ccc(COc2ccc(F)cc2F)cc1. The number of ether oxygens (including phenoxy) is 1. The second-order valence-electron chi connectivity index (χ2n) is 3.87. The average molecular weight is 264 g/mol. The summed E-state index contributed by atoms with van der Waals surface area (Å²) in [5, 5.41) is 8.73. The average Bonchev–Trinajstić information content (AvgIpc) is 2.38. The van der Waals surface area contributed by atoms with Gasteiger partial charge in [-0.1, -0.05) is 12.1 Å². The van der Waals surface area contributed by atoms with Gasteiger partial charge in [-0.2, -0.15) is 0 Å². The molecule has 0 spiro atoms. The zero-order valence-electron chi connectivity index (χ0n) is 9.77. The van der Waals surface area contributed by atoms with Crippen LogP contribution in [0.5, 0.6) is 5.75 Å². The van der Waals surface area contributed by atoms with E-state index in [1.807, 2.05) is 0 Å². The smallest absolute Gasteiger partial charge is 0.335 e. The van der Waals surface area contributed by atoms with Crippen LogP contribution < -0.4 is 4.74 Å². The van der Waals surface area contributed by atoms with E-state index >= 15 is 0 Å². The Morgan fingerprint density at radius 2 is 1.79 bits per heavy atom. The molecule has 98 valence electrons. The van der Waals surface area contributed by atoms with Crippen LogP contribution in [0.4, 0.5) is 8.78 Å². The molecular formula is C14H10F2O3. The van der Waals surface area contributed by atoms with Gasteiger partial charge in [-0.15, -0.1) is 0 Å². The van der Waals surface area contributed by atoms with E-state index in [0.29, 0.717) is 5.56 Å². The van der Waals surface area contributed by atoms with Crippen molar-refractivity contribution in [2.75, 3.05) is 0 Å². The highest BCUT2D eigenvalue weighted by molar-refractivity contribution is 5.87. The summed E-state index contributed by atoms with van der Waals surface area (Å²) >= 11 is 0. The van der Waals surface area contributed by atoms with Crippen molar-refractivity contribution in [3.8, 4) is 5.75 Å². The Bertz CT molecular complexity index is 594. The summed E-state index contributed by atoms with van der Waals surface area (Å²) in [6, 6.07) is 9.06. The number of rotatable bonds is 4. The number of carboxylic acids is 1. The first-order valence-corrected chi connectivity index (χ1v) is 5.46. The molecule has 0 fully saturated rings. The first-order chi connectivity index (χ1) is 9.06. The fourth-order valence-electron chi connectivity index (χ4n) is 1.50. The van der Waals surface area contributed by atoms with E-state index in [0.717, 1.165) is 12.1 Å². The second kappa shape index (κ2) is 5.48. The van der Waals surface area contributed by atoms with Crippen LogP contribution in [0.2, 0.25) is 0 Å². The van der Waals surface area contributed by atoms with Gasteiger partial charge < -0.3 is 9.84 Å².